The van der Waals surface area contributed by atoms with Crippen LogP contribution in [-0.4, -0.2) is 52.0 Å². The Morgan fingerprint density at radius 2 is 2.15 bits per heavy atom. The number of aromatic amines is 1. The van der Waals surface area contributed by atoms with Gasteiger partial charge >= 0.3 is 0 Å². The number of amides is 2. The number of piperazine rings is 1. The van der Waals surface area contributed by atoms with Gasteiger partial charge in [-0.05, 0) is 0 Å². The standard InChI is InChI=1S/C13H16N4O3/c18-11-10-9-8(14-7-15-9)1-4-17(10)12(19)13(16-11)2-5-20-6-3-13/h7,10H,1-6H2,(H,14,15)(H,16,18). The van der Waals surface area contributed by atoms with Crippen molar-refractivity contribution in [1.29, 1.82) is 0 Å². The summed E-state index contributed by atoms with van der Waals surface area (Å²) in [5.74, 6) is -0.112. The fraction of sp³-hybridized carbons (Fsp3) is 0.615. The third-order valence-electron chi connectivity index (χ3n) is 4.55. The number of fused-ring (bicyclic) bond motifs is 3. The molecule has 2 saturated heterocycles. The van der Waals surface area contributed by atoms with Crippen LogP contribution in [0.3, 0.4) is 0 Å². The maximum atomic E-state index is 12.8. The molecule has 0 aromatic carbocycles. The van der Waals surface area contributed by atoms with Gasteiger partial charge in [0.25, 0.3) is 0 Å². The second-order valence-electron chi connectivity index (χ2n) is 5.60. The van der Waals surface area contributed by atoms with E-state index in [4.69, 9.17) is 4.74 Å². The fourth-order valence-corrected chi connectivity index (χ4v) is 3.45. The Kier molecular flexibility index (Phi) is 2.41. The normalized spacial score (nSPS) is 28.0. The molecule has 1 aromatic rings. The van der Waals surface area contributed by atoms with Gasteiger partial charge in [-0.1, -0.05) is 0 Å². The predicted molar refractivity (Wildman–Crippen MR) is 67.7 cm³/mol. The number of rotatable bonds is 0. The Morgan fingerprint density at radius 3 is 2.95 bits per heavy atom. The number of nitrogens with zero attached hydrogens (tertiary/aromatic N) is 2. The summed E-state index contributed by atoms with van der Waals surface area (Å²) < 4.78 is 5.32. The molecule has 1 aromatic heterocycles. The molecule has 4 heterocycles. The van der Waals surface area contributed by atoms with E-state index in [0.29, 0.717) is 38.3 Å². The maximum Gasteiger partial charge on any atom is 0.250 e. The molecule has 1 unspecified atom stereocenters. The molecule has 1 atom stereocenters. The van der Waals surface area contributed by atoms with Crippen LogP contribution >= 0.6 is 0 Å². The number of aromatic nitrogens is 2. The van der Waals surface area contributed by atoms with Crippen molar-refractivity contribution in [3.63, 3.8) is 0 Å². The zero-order valence-corrected chi connectivity index (χ0v) is 11.0. The van der Waals surface area contributed by atoms with Gasteiger partial charge in [-0.15, -0.1) is 0 Å². The van der Waals surface area contributed by atoms with Gasteiger partial charge in [-0.3, -0.25) is 9.59 Å². The first-order valence-corrected chi connectivity index (χ1v) is 6.94. The second kappa shape index (κ2) is 4.05. The number of ether oxygens (including phenoxy) is 1. The molecule has 2 amide bonds. The number of H-pyrrole nitrogens is 1. The zero-order chi connectivity index (χ0) is 13.7. The summed E-state index contributed by atoms with van der Waals surface area (Å²) in [6, 6.07) is -0.578. The summed E-state index contributed by atoms with van der Waals surface area (Å²) in [5, 5.41) is 2.95. The zero-order valence-electron chi connectivity index (χ0n) is 11.0. The van der Waals surface area contributed by atoms with Gasteiger partial charge in [-0.25, -0.2) is 4.98 Å². The molecule has 0 saturated carbocycles. The van der Waals surface area contributed by atoms with Crippen LogP contribution in [-0.2, 0) is 20.7 Å². The molecule has 7 heteroatoms. The highest BCUT2D eigenvalue weighted by Gasteiger charge is 2.53. The number of imidazole rings is 1. The topological polar surface area (TPSA) is 87.3 Å². The van der Waals surface area contributed by atoms with E-state index in [1.165, 1.54) is 0 Å². The van der Waals surface area contributed by atoms with Gasteiger partial charge < -0.3 is 19.9 Å². The van der Waals surface area contributed by atoms with Gasteiger partial charge in [0.1, 0.15) is 5.54 Å². The van der Waals surface area contributed by atoms with Crippen LogP contribution < -0.4 is 5.32 Å². The smallest absolute Gasteiger partial charge is 0.250 e. The number of hydrogen-bond donors (Lipinski definition) is 2. The van der Waals surface area contributed by atoms with E-state index in [1.54, 1.807) is 11.2 Å². The van der Waals surface area contributed by atoms with E-state index in [0.717, 1.165) is 12.1 Å². The lowest BCUT2D eigenvalue weighted by atomic mass is 9.83. The van der Waals surface area contributed by atoms with Gasteiger partial charge in [0.15, 0.2) is 6.04 Å². The Morgan fingerprint density at radius 1 is 1.35 bits per heavy atom. The van der Waals surface area contributed by atoms with Crippen LogP contribution in [0.15, 0.2) is 6.33 Å². The van der Waals surface area contributed by atoms with Crippen LogP contribution in [0.2, 0.25) is 0 Å². The lowest BCUT2D eigenvalue weighted by molar-refractivity contribution is -0.160. The van der Waals surface area contributed by atoms with Crippen molar-refractivity contribution in [1.82, 2.24) is 20.2 Å². The number of carbonyl (C=O) groups excluding carboxylic acids is 2. The summed E-state index contributed by atoms with van der Waals surface area (Å²) in [7, 11) is 0. The summed E-state index contributed by atoms with van der Waals surface area (Å²) in [5.41, 5.74) is 0.876. The quantitative estimate of drug-likeness (QED) is 0.669. The van der Waals surface area contributed by atoms with Gasteiger partial charge in [0.2, 0.25) is 11.8 Å². The largest absolute Gasteiger partial charge is 0.381 e. The molecule has 0 aliphatic carbocycles. The van der Waals surface area contributed by atoms with E-state index in [2.05, 4.69) is 15.3 Å². The Hall–Kier alpha value is -1.89. The predicted octanol–water partition coefficient (Wildman–Crippen LogP) is -0.485. The molecule has 106 valence electrons. The molecule has 3 aliphatic heterocycles. The van der Waals surface area contributed by atoms with Crippen molar-refractivity contribution in [2.45, 2.75) is 30.8 Å². The highest BCUT2D eigenvalue weighted by Crippen LogP contribution is 2.36. The first-order chi connectivity index (χ1) is 9.71. The molecular weight excluding hydrogens is 260 g/mol. The van der Waals surface area contributed by atoms with Crippen molar-refractivity contribution in [2.24, 2.45) is 0 Å². The summed E-state index contributed by atoms with van der Waals surface area (Å²) in [6.07, 6.45) is 3.41. The van der Waals surface area contributed by atoms with E-state index >= 15 is 0 Å². The van der Waals surface area contributed by atoms with Crippen LogP contribution in [0.5, 0.6) is 0 Å². The summed E-state index contributed by atoms with van der Waals surface area (Å²) in [6.45, 7) is 1.59. The van der Waals surface area contributed by atoms with Crippen LogP contribution in [0.1, 0.15) is 30.3 Å². The molecule has 1 spiro atoms. The Bertz CT molecular complexity index is 576. The van der Waals surface area contributed by atoms with Crippen molar-refractivity contribution in [3.8, 4) is 0 Å². The minimum absolute atomic E-state index is 0.0130. The van der Waals surface area contributed by atoms with Gasteiger partial charge in [0.05, 0.1) is 12.0 Å². The molecule has 0 bridgehead atoms. The third kappa shape index (κ3) is 1.46. The third-order valence-corrected chi connectivity index (χ3v) is 4.55. The van der Waals surface area contributed by atoms with Crippen molar-refractivity contribution >= 4 is 11.8 Å². The summed E-state index contributed by atoms with van der Waals surface area (Å²) >= 11 is 0. The first kappa shape index (κ1) is 11.9. The molecule has 2 N–H and O–H groups in total. The monoisotopic (exact) mass is 276 g/mol. The molecule has 0 radical (unpaired) electrons. The van der Waals surface area contributed by atoms with Crippen molar-refractivity contribution < 1.29 is 14.3 Å². The van der Waals surface area contributed by atoms with Gasteiger partial charge in [-0.2, -0.15) is 0 Å². The lowest BCUT2D eigenvalue weighted by Crippen LogP contribution is -2.69. The minimum atomic E-state index is -0.764. The maximum absolute atomic E-state index is 12.8. The first-order valence-electron chi connectivity index (χ1n) is 6.94. The van der Waals surface area contributed by atoms with E-state index in [1.807, 2.05) is 0 Å². The fourth-order valence-electron chi connectivity index (χ4n) is 3.45. The van der Waals surface area contributed by atoms with Crippen LogP contribution in [0, 0.1) is 0 Å². The van der Waals surface area contributed by atoms with Gasteiger partial charge in [0, 0.05) is 44.7 Å². The molecular formula is C13H16N4O3. The van der Waals surface area contributed by atoms with Crippen molar-refractivity contribution in [2.75, 3.05) is 19.8 Å². The molecule has 2 fully saturated rings. The van der Waals surface area contributed by atoms with E-state index in [9.17, 15) is 9.59 Å². The highest BCUT2D eigenvalue weighted by atomic mass is 16.5. The lowest BCUT2D eigenvalue weighted by Gasteiger charge is -2.48. The molecule has 20 heavy (non-hydrogen) atoms. The van der Waals surface area contributed by atoms with Crippen LogP contribution in [0.25, 0.3) is 0 Å². The van der Waals surface area contributed by atoms with Crippen molar-refractivity contribution in [3.05, 3.63) is 17.7 Å². The average molecular weight is 276 g/mol. The van der Waals surface area contributed by atoms with E-state index in [-0.39, 0.29) is 11.8 Å². The molecule has 3 aliphatic rings. The highest BCUT2D eigenvalue weighted by molar-refractivity contribution is 6.00. The Balaban J connectivity index is 1.73. The number of nitrogens with one attached hydrogen (secondary N) is 2. The van der Waals surface area contributed by atoms with E-state index < -0.39 is 11.6 Å². The SMILES string of the molecule is O=C1NC2(CCOCC2)C(=O)N2CCc3[nH]cnc3C12. The molecule has 4 rings (SSSR count). The Labute approximate surface area is 115 Å². The van der Waals surface area contributed by atoms with Crippen LogP contribution in [0.4, 0.5) is 0 Å². The average Bonchev–Trinajstić information content (AvgIpc) is 2.93. The number of carbonyl (C=O) groups is 2. The summed E-state index contributed by atoms with van der Waals surface area (Å²) in [4.78, 5) is 34.3. The number of hydrogen-bond acceptors (Lipinski definition) is 4. The second-order valence-corrected chi connectivity index (χ2v) is 5.60. The minimum Gasteiger partial charge on any atom is -0.381 e. The molecule has 7 nitrogen and oxygen atoms in total.